The van der Waals surface area contributed by atoms with Gasteiger partial charge in [-0.3, -0.25) is 0 Å². The Kier molecular flexibility index (Phi) is 7.11. The minimum atomic E-state index is -1.83. The highest BCUT2D eigenvalue weighted by Crippen LogP contribution is 2.18. The Hall–Kier alpha value is -0.960. The zero-order chi connectivity index (χ0) is 10.1. The topological polar surface area (TPSA) is 55.8 Å². The standard InChI is InChI=1S/C6H6O.C2H6O3P/c7-6-4-2-1-3-5-6;1-4-6(3)5-2/h1-5,7H;1-2H3/q;+1. The molecule has 0 unspecified atom stereocenters. The molecule has 5 heteroatoms. The SMILES string of the molecule is CO[P+](=O)OC.Oc1ccccc1. The van der Waals surface area contributed by atoms with Gasteiger partial charge in [0.1, 0.15) is 5.75 Å². The molecule has 0 aromatic heterocycles. The van der Waals surface area contributed by atoms with E-state index in [2.05, 4.69) is 9.05 Å². The summed E-state index contributed by atoms with van der Waals surface area (Å²) in [6, 6.07) is 8.71. The highest BCUT2D eigenvalue weighted by Gasteiger charge is 2.10. The summed E-state index contributed by atoms with van der Waals surface area (Å²) in [7, 11) is 0.817. The van der Waals surface area contributed by atoms with Crippen LogP contribution in [0.25, 0.3) is 0 Å². The molecule has 1 aromatic rings. The molecule has 0 aliphatic carbocycles. The van der Waals surface area contributed by atoms with Gasteiger partial charge in [-0.05, 0) is 12.1 Å². The smallest absolute Gasteiger partial charge is 0.508 e. The van der Waals surface area contributed by atoms with Crippen LogP contribution in [0.15, 0.2) is 30.3 Å². The van der Waals surface area contributed by atoms with Gasteiger partial charge in [-0.15, -0.1) is 9.05 Å². The predicted molar refractivity (Wildman–Crippen MR) is 49.7 cm³/mol. The van der Waals surface area contributed by atoms with Crippen LogP contribution in [0.5, 0.6) is 5.75 Å². The molecule has 0 spiro atoms. The summed E-state index contributed by atoms with van der Waals surface area (Å²) in [4.78, 5) is 0. The zero-order valence-corrected chi connectivity index (χ0v) is 8.40. The van der Waals surface area contributed by atoms with E-state index in [0.29, 0.717) is 5.75 Å². The average Bonchev–Trinajstić information content (AvgIpc) is 2.19. The van der Waals surface area contributed by atoms with Crippen LogP contribution in [0.4, 0.5) is 0 Å². The molecule has 4 nitrogen and oxygen atoms in total. The third kappa shape index (κ3) is 7.40. The van der Waals surface area contributed by atoms with Crippen molar-refractivity contribution in [3.05, 3.63) is 30.3 Å². The van der Waals surface area contributed by atoms with E-state index in [9.17, 15) is 4.57 Å². The lowest BCUT2D eigenvalue weighted by Gasteiger charge is -1.82. The molecule has 0 saturated carbocycles. The third-order valence-corrected chi connectivity index (χ3v) is 1.65. The Balaban J connectivity index is 0.000000226. The molecular weight excluding hydrogens is 191 g/mol. The first-order chi connectivity index (χ1) is 6.20. The summed E-state index contributed by atoms with van der Waals surface area (Å²) in [5, 5.41) is 8.63. The first-order valence-corrected chi connectivity index (χ1v) is 4.59. The maximum Gasteiger partial charge on any atom is 0.696 e. The molecule has 0 aliphatic rings. The first-order valence-electron chi connectivity index (χ1n) is 3.50. The lowest BCUT2D eigenvalue weighted by atomic mass is 10.3. The van der Waals surface area contributed by atoms with E-state index in [1.54, 1.807) is 24.3 Å². The quantitative estimate of drug-likeness (QED) is 0.749. The van der Waals surface area contributed by atoms with Crippen LogP contribution < -0.4 is 0 Å². The largest absolute Gasteiger partial charge is 0.696 e. The van der Waals surface area contributed by atoms with Crippen molar-refractivity contribution in [3.8, 4) is 5.75 Å². The number of hydrogen-bond acceptors (Lipinski definition) is 4. The van der Waals surface area contributed by atoms with E-state index in [1.165, 1.54) is 14.2 Å². The van der Waals surface area contributed by atoms with Crippen LogP contribution in [0.3, 0.4) is 0 Å². The average molecular weight is 203 g/mol. The summed E-state index contributed by atoms with van der Waals surface area (Å²) < 4.78 is 18.3. The summed E-state index contributed by atoms with van der Waals surface area (Å²) >= 11 is 0. The van der Waals surface area contributed by atoms with E-state index in [1.807, 2.05) is 6.07 Å². The van der Waals surface area contributed by atoms with Crippen molar-refractivity contribution < 1.29 is 18.7 Å². The molecule has 0 amide bonds. The number of para-hydroxylation sites is 1. The van der Waals surface area contributed by atoms with Crippen LogP contribution in [0.2, 0.25) is 0 Å². The van der Waals surface area contributed by atoms with E-state index < -0.39 is 8.25 Å². The van der Waals surface area contributed by atoms with Gasteiger partial charge in [0.2, 0.25) is 0 Å². The van der Waals surface area contributed by atoms with E-state index in [-0.39, 0.29) is 0 Å². The third-order valence-electron chi connectivity index (χ3n) is 1.05. The van der Waals surface area contributed by atoms with Gasteiger partial charge in [0.25, 0.3) is 0 Å². The molecule has 13 heavy (non-hydrogen) atoms. The highest BCUT2D eigenvalue weighted by atomic mass is 31.1. The molecule has 0 radical (unpaired) electrons. The molecule has 0 bridgehead atoms. The van der Waals surface area contributed by atoms with Gasteiger partial charge in [0, 0.05) is 4.57 Å². The maximum absolute atomic E-state index is 9.88. The second-order valence-electron chi connectivity index (χ2n) is 1.92. The van der Waals surface area contributed by atoms with Crippen molar-refractivity contribution in [2.75, 3.05) is 14.2 Å². The summed E-state index contributed by atoms with van der Waals surface area (Å²) in [5.74, 6) is 0.322. The highest BCUT2D eigenvalue weighted by molar-refractivity contribution is 7.33. The summed E-state index contributed by atoms with van der Waals surface area (Å²) in [6.07, 6.45) is 0. The first kappa shape index (κ1) is 12.0. The van der Waals surface area contributed by atoms with E-state index >= 15 is 0 Å². The van der Waals surface area contributed by atoms with Crippen molar-refractivity contribution >= 4 is 8.25 Å². The zero-order valence-electron chi connectivity index (χ0n) is 7.51. The Morgan fingerprint density at radius 1 is 1.15 bits per heavy atom. The normalized spacial score (nSPS) is 8.46. The molecule has 0 saturated heterocycles. The minimum absolute atomic E-state index is 0.322. The molecule has 1 rings (SSSR count). The molecule has 1 N–H and O–H groups in total. The second kappa shape index (κ2) is 7.68. The van der Waals surface area contributed by atoms with Crippen LogP contribution in [-0.2, 0) is 13.6 Å². The van der Waals surface area contributed by atoms with Crippen molar-refractivity contribution in [1.82, 2.24) is 0 Å². The predicted octanol–water partition coefficient (Wildman–Crippen LogP) is 2.33. The number of benzene rings is 1. The fourth-order valence-corrected chi connectivity index (χ4v) is 0.652. The van der Waals surface area contributed by atoms with Crippen LogP contribution in [-0.4, -0.2) is 19.3 Å². The van der Waals surface area contributed by atoms with Crippen molar-refractivity contribution in [2.24, 2.45) is 0 Å². The van der Waals surface area contributed by atoms with Gasteiger partial charge in [-0.2, -0.15) is 0 Å². The monoisotopic (exact) mass is 203 g/mol. The van der Waals surface area contributed by atoms with E-state index in [4.69, 9.17) is 5.11 Å². The van der Waals surface area contributed by atoms with Gasteiger partial charge < -0.3 is 5.11 Å². The number of phenolic OH excluding ortho intramolecular Hbond substituents is 1. The Bertz CT molecular complexity index is 231. The molecule has 0 atom stereocenters. The van der Waals surface area contributed by atoms with Crippen LogP contribution in [0, 0.1) is 0 Å². The van der Waals surface area contributed by atoms with Gasteiger partial charge in [-0.1, -0.05) is 18.2 Å². The molecule has 1 aromatic carbocycles. The van der Waals surface area contributed by atoms with Gasteiger partial charge in [0.15, 0.2) is 0 Å². The lowest BCUT2D eigenvalue weighted by Crippen LogP contribution is -1.66. The van der Waals surface area contributed by atoms with Crippen LogP contribution >= 0.6 is 8.25 Å². The Morgan fingerprint density at radius 3 is 1.77 bits per heavy atom. The van der Waals surface area contributed by atoms with Crippen molar-refractivity contribution in [2.45, 2.75) is 0 Å². The van der Waals surface area contributed by atoms with Crippen LogP contribution in [0.1, 0.15) is 0 Å². The number of phenols is 1. The fraction of sp³-hybridized carbons (Fsp3) is 0.250. The minimum Gasteiger partial charge on any atom is -0.508 e. The fourth-order valence-electron chi connectivity index (χ4n) is 0.503. The molecule has 72 valence electrons. The summed E-state index contributed by atoms with van der Waals surface area (Å²) in [5.41, 5.74) is 0. The van der Waals surface area contributed by atoms with E-state index in [0.717, 1.165) is 0 Å². The molecule has 0 fully saturated rings. The van der Waals surface area contributed by atoms with Gasteiger partial charge >= 0.3 is 8.25 Å². The number of aromatic hydroxyl groups is 1. The van der Waals surface area contributed by atoms with Gasteiger partial charge in [-0.25, -0.2) is 0 Å². The molecule has 0 aliphatic heterocycles. The molecule has 0 heterocycles. The lowest BCUT2D eigenvalue weighted by molar-refractivity contribution is 0.302. The maximum atomic E-state index is 9.88. The van der Waals surface area contributed by atoms with Crippen molar-refractivity contribution in [1.29, 1.82) is 0 Å². The summed E-state index contributed by atoms with van der Waals surface area (Å²) in [6.45, 7) is 0. The Labute approximate surface area is 78.1 Å². The van der Waals surface area contributed by atoms with Crippen molar-refractivity contribution in [3.63, 3.8) is 0 Å². The number of hydrogen-bond donors (Lipinski definition) is 1. The Morgan fingerprint density at radius 2 is 1.62 bits per heavy atom. The number of rotatable bonds is 2. The second-order valence-corrected chi connectivity index (χ2v) is 3.10. The van der Waals surface area contributed by atoms with Gasteiger partial charge in [0.05, 0.1) is 14.2 Å². The molecular formula is C8H12O4P+.